The summed E-state index contributed by atoms with van der Waals surface area (Å²) in [6.45, 7) is 7.59. The van der Waals surface area contributed by atoms with Gasteiger partial charge in [-0.3, -0.25) is 4.79 Å². The molecule has 0 aromatic heterocycles. The van der Waals surface area contributed by atoms with E-state index < -0.39 is 11.0 Å². The van der Waals surface area contributed by atoms with E-state index in [0.717, 1.165) is 6.42 Å². The topological polar surface area (TPSA) is 46.5 Å². The van der Waals surface area contributed by atoms with Gasteiger partial charge in [0.15, 0.2) is 0 Å². The molecule has 3 heteroatoms. The Morgan fingerprint density at radius 3 is 2.50 bits per heavy atom. The number of ether oxygens (including phenoxy) is 1. The van der Waals surface area contributed by atoms with E-state index in [1.54, 1.807) is 0 Å². The molecule has 14 heavy (non-hydrogen) atoms. The standard InChI is InChI=1S/C11H20O3/c1-5-10(3,4)9(12)14-8-7-11(8,13)6-2/h8,13H,5-7H2,1-4H3. The molecule has 1 saturated carbocycles. The fraction of sp³-hybridized carbons (Fsp3) is 0.909. The molecule has 1 rings (SSSR count). The van der Waals surface area contributed by atoms with Gasteiger partial charge in [0.25, 0.3) is 0 Å². The summed E-state index contributed by atoms with van der Waals surface area (Å²) >= 11 is 0. The third kappa shape index (κ3) is 2.08. The second-order valence-corrected chi connectivity index (χ2v) is 4.79. The predicted molar refractivity (Wildman–Crippen MR) is 53.8 cm³/mol. The van der Waals surface area contributed by atoms with Crippen LogP contribution in [0.3, 0.4) is 0 Å². The summed E-state index contributed by atoms with van der Waals surface area (Å²) in [4.78, 5) is 11.6. The van der Waals surface area contributed by atoms with Gasteiger partial charge in [-0.2, -0.15) is 0 Å². The van der Waals surface area contributed by atoms with Crippen LogP contribution in [0.25, 0.3) is 0 Å². The smallest absolute Gasteiger partial charge is 0.311 e. The summed E-state index contributed by atoms with van der Waals surface area (Å²) in [6.07, 6.45) is 1.72. The Morgan fingerprint density at radius 2 is 2.14 bits per heavy atom. The number of hydrogen-bond acceptors (Lipinski definition) is 3. The van der Waals surface area contributed by atoms with Crippen LogP contribution in [0.4, 0.5) is 0 Å². The van der Waals surface area contributed by atoms with Crippen molar-refractivity contribution in [2.75, 3.05) is 0 Å². The highest BCUT2D eigenvalue weighted by atomic mass is 16.6. The van der Waals surface area contributed by atoms with Crippen molar-refractivity contribution < 1.29 is 14.6 Å². The number of aliphatic hydroxyl groups is 1. The molecular weight excluding hydrogens is 180 g/mol. The second-order valence-electron chi connectivity index (χ2n) is 4.79. The molecule has 82 valence electrons. The molecule has 0 aliphatic heterocycles. The van der Waals surface area contributed by atoms with Gasteiger partial charge in [0.05, 0.1) is 5.41 Å². The van der Waals surface area contributed by atoms with Crippen molar-refractivity contribution in [3.8, 4) is 0 Å². The molecule has 0 spiro atoms. The van der Waals surface area contributed by atoms with Crippen molar-refractivity contribution in [3.63, 3.8) is 0 Å². The number of rotatable bonds is 4. The Balaban J connectivity index is 2.45. The molecule has 1 fully saturated rings. The Bertz CT molecular complexity index is 235. The summed E-state index contributed by atoms with van der Waals surface area (Å²) in [5.74, 6) is -0.200. The monoisotopic (exact) mass is 200 g/mol. The van der Waals surface area contributed by atoms with Crippen LogP contribution in [-0.4, -0.2) is 22.8 Å². The number of carbonyl (C=O) groups excluding carboxylic acids is 1. The van der Waals surface area contributed by atoms with Gasteiger partial charge in [-0.05, 0) is 26.7 Å². The molecule has 1 N–H and O–H groups in total. The van der Waals surface area contributed by atoms with Gasteiger partial charge in [-0.15, -0.1) is 0 Å². The third-order valence-electron chi connectivity index (χ3n) is 3.28. The molecule has 0 aromatic carbocycles. The first-order valence-electron chi connectivity index (χ1n) is 5.29. The third-order valence-corrected chi connectivity index (χ3v) is 3.28. The molecule has 3 nitrogen and oxygen atoms in total. The molecule has 0 amide bonds. The van der Waals surface area contributed by atoms with Gasteiger partial charge in [0.2, 0.25) is 0 Å². The van der Waals surface area contributed by atoms with Gasteiger partial charge in [0, 0.05) is 6.42 Å². The van der Waals surface area contributed by atoms with Gasteiger partial charge in [0.1, 0.15) is 11.7 Å². The van der Waals surface area contributed by atoms with Crippen LogP contribution in [0.15, 0.2) is 0 Å². The molecule has 1 aliphatic carbocycles. The molecule has 2 atom stereocenters. The maximum absolute atomic E-state index is 11.6. The second kappa shape index (κ2) is 3.54. The summed E-state index contributed by atoms with van der Waals surface area (Å²) in [5, 5.41) is 9.71. The summed E-state index contributed by atoms with van der Waals surface area (Å²) in [7, 11) is 0. The maximum Gasteiger partial charge on any atom is 0.311 e. The zero-order valence-electron chi connectivity index (χ0n) is 9.46. The predicted octanol–water partition coefficient (Wildman–Crippen LogP) is 1.88. The van der Waals surface area contributed by atoms with Crippen LogP contribution in [0.2, 0.25) is 0 Å². The van der Waals surface area contributed by atoms with Gasteiger partial charge < -0.3 is 9.84 Å². The van der Waals surface area contributed by atoms with E-state index in [2.05, 4.69) is 0 Å². The van der Waals surface area contributed by atoms with Crippen LogP contribution >= 0.6 is 0 Å². The minimum Gasteiger partial charge on any atom is -0.459 e. The molecule has 0 aromatic rings. The normalized spacial score (nSPS) is 31.4. The summed E-state index contributed by atoms with van der Waals surface area (Å²) in [5.41, 5.74) is -1.17. The average Bonchev–Trinajstić information content (AvgIpc) is 2.78. The van der Waals surface area contributed by atoms with Crippen LogP contribution < -0.4 is 0 Å². The quantitative estimate of drug-likeness (QED) is 0.705. The van der Waals surface area contributed by atoms with Crippen molar-refractivity contribution >= 4 is 5.97 Å². The molecular formula is C11H20O3. The molecule has 0 saturated heterocycles. The van der Waals surface area contributed by atoms with Crippen molar-refractivity contribution in [2.45, 2.75) is 58.7 Å². The molecule has 0 radical (unpaired) electrons. The highest BCUT2D eigenvalue weighted by Gasteiger charge is 2.55. The van der Waals surface area contributed by atoms with E-state index in [4.69, 9.17) is 4.74 Å². The zero-order chi connectivity index (χ0) is 11.0. The van der Waals surface area contributed by atoms with Gasteiger partial charge in [-0.1, -0.05) is 13.8 Å². The average molecular weight is 200 g/mol. The molecule has 0 heterocycles. The van der Waals surface area contributed by atoms with Crippen molar-refractivity contribution in [1.82, 2.24) is 0 Å². The van der Waals surface area contributed by atoms with Crippen molar-refractivity contribution in [2.24, 2.45) is 5.41 Å². The van der Waals surface area contributed by atoms with E-state index >= 15 is 0 Å². The lowest BCUT2D eigenvalue weighted by molar-refractivity contribution is -0.158. The van der Waals surface area contributed by atoms with E-state index in [1.807, 2.05) is 27.7 Å². The Kier molecular flexibility index (Phi) is 2.91. The number of hydrogen-bond donors (Lipinski definition) is 1. The van der Waals surface area contributed by atoms with Gasteiger partial charge in [-0.25, -0.2) is 0 Å². The van der Waals surface area contributed by atoms with E-state index in [9.17, 15) is 9.90 Å². The first kappa shape index (κ1) is 11.5. The lowest BCUT2D eigenvalue weighted by Crippen LogP contribution is -2.28. The van der Waals surface area contributed by atoms with Gasteiger partial charge >= 0.3 is 5.97 Å². The molecule has 0 bridgehead atoms. The van der Waals surface area contributed by atoms with Crippen LogP contribution in [0.5, 0.6) is 0 Å². The Morgan fingerprint density at radius 1 is 1.57 bits per heavy atom. The van der Waals surface area contributed by atoms with Crippen molar-refractivity contribution in [1.29, 1.82) is 0 Å². The number of esters is 1. The highest BCUT2D eigenvalue weighted by molar-refractivity contribution is 5.76. The Hall–Kier alpha value is -0.570. The minimum absolute atomic E-state index is 0.200. The zero-order valence-corrected chi connectivity index (χ0v) is 9.46. The largest absolute Gasteiger partial charge is 0.459 e. The fourth-order valence-electron chi connectivity index (χ4n) is 1.22. The van der Waals surface area contributed by atoms with Crippen LogP contribution in [-0.2, 0) is 9.53 Å². The van der Waals surface area contributed by atoms with E-state index in [-0.39, 0.29) is 12.1 Å². The van der Waals surface area contributed by atoms with E-state index in [1.165, 1.54) is 0 Å². The van der Waals surface area contributed by atoms with E-state index in [0.29, 0.717) is 12.8 Å². The first-order chi connectivity index (χ1) is 6.35. The van der Waals surface area contributed by atoms with Crippen LogP contribution in [0, 0.1) is 5.41 Å². The number of carbonyl (C=O) groups is 1. The summed E-state index contributed by atoms with van der Waals surface area (Å²) in [6, 6.07) is 0. The maximum atomic E-state index is 11.6. The summed E-state index contributed by atoms with van der Waals surface area (Å²) < 4.78 is 5.23. The highest BCUT2D eigenvalue weighted by Crippen LogP contribution is 2.42. The first-order valence-corrected chi connectivity index (χ1v) is 5.29. The van der Waals surface area contributed by atoms with Crippen molar-refractivity contribution in [3.05, 3.63) is 0 Å². The molecule has 1 aliphatic rings. The Labute approximate surface area is 85.5 Å². The lowest BCUT2D eigenvalue weighted by atomic mass is 9.91. The lowest BCUT2D eigenvalue weighted by Gasteiger charge is -2.21. The van der Waals surface area contributed by atoms with Crippen LogP contribution in [0.1, 0.15) is 47.0 Å². The fourth-order valence-corrected chi connectivity index (χ4v) is 1.22. The molecule has 2 unspecified atom stereocenters. The SMILES string of the molecule is CCC(C)(C)C(=O)OC1CC1(O)CC. The minimum atomic E-state index is -0.737.